The second kappa shape index (κ2) is 8.07. The molecule has 2 aliphatic rings. The van der Waals surface area contributed by atoms with E-state index in [0.29, 0.717) is 17.7 Å². The Balaban J connectivity index is 1.48. The SMILES string of the molecule is Cc1onc(-c2c(F)cccc2Cl)c1C(=O)C1C=c2c(ccc3c2=CCc2ccccc2-3)CC1. The molecule has 0 saturated carbocycles. The molecule has 0 aliphatic heterocycles. The van der Waals surface area contributed by atoms with Crippen molar-refractivity contribution in [3.05, 3.63) is 98.3 Å². The van der Waals surface area contributed by atoms with Crippen LogP contribution in [-0.2, 0) is 12.8 Å². The third-order valence-electron chi connectivity index (χ3n) is 6.95. The molecule has 5 heteroatoms. The second-order valence-corrected chi connectivity index (χ2v) is 9.31. The van der Waals surface area contributed by atoms with Gasteiger partial charge < -0.3 is 4.52 Å². The highest BCUT2D eigenvalue weighted by molar-refractivity contribution is 6.33. The van der Waals surface area contributed by atoms with E-state index in [1.807, 2.05) is 0 Å². The molecule has 0 fully saturated rings. The molecular weight excluding hydrogens is 449 g/mol. The van der Waals surface area contributed by atoms with Crippen LogP contribution in [0, 0.1) is 18.7 Å². The summed E-state index contributed by atoms with van der Waals surface area (Å²) >= 11 is 6.28. The molecule has 1 atom stereocenters. The highest BCUT2D eigenvalue weighted by Crippen LogP contribution is 2.35. The average molecular weight is 470 g/mol. The van der Waals surface area contributed by atoms with E-state index in [9.17, 15) is 9.18 Å². The van der Waals surface area contributed by atoms with Crippen LogP contribution in [0.15, 0.2) is 59.1 Å². The molecule has 1 heterocycles. The Kier molecular flexibility index (Phi) is 5.00. The van der Waals surface area contributed by atoms with Crippen molar-refractivity contribution in [2.24, 2.45) is 5.92 Å². The molecule has 4 aromatic rings. The number of carbonyl (C=O) groups excluding carboxylic acids is 1. The van der Waals surface area contributed by atoms with Crippen molar-refractivity contribution >= 4 is 29.5 Å². The number of hydrogen-bond donors (Lipinski definition) is 0. The van der Waals surface area contributed by atoms with Crippen LogP contribution in [0.3, 0.4) is 0 Å². The Labute approximate surface area is 201 Å². The molecule has 0 bridgehead atoms. The van der Waals surface area contributed by atoms with Gasteiger partial charge in [-0.3, -0.25) is 4.79 Å². The summed E-state index contributed by atoms with van der Waals surface area (Å²) in [6.07, 6.45) is 6.67. The van der Waals surface area contributed by atoms with Gasteiger partial charge in [0.05, 0.1) is 16.1 Å². The van der Waals surface area contributed by atoms with E-state index in [1.54, 1.807) is 13.0 Å². The van der Waals surface area contributed by atoms with Crippen molar-refractivity contribution in [1.29, 1.82) is 0 Å². The summed E-state index contributed by atoms with van der Waals surface area (Å²) < 4.78 is 20.0. The van der Waals surface area contributed by atoms with Gasteiger partial charge in [0.25, 0.3) is 0 Å². The summed E-state index contributed by atoms with van der Waals surface area (Å²) in [5.74, 6) is -0.635. The first-order valence-corrected chi connectivity index (χ1v) is 11.8. The molecule has 1 unspecified atom stereocenters. The predicted octanol–water partition coefficient (Wildman–Crippen LogP) is 5.67. The topological polar surface area (TPSA) is 43.1 Å². The predicted molar refractivity (Wildman–Crippen MR) is 132 cm³/mol. The molecular formula is C29H21ClFNO2. The summed E-state index contributed by atoms with van der Waals surface area (Å²) in [5, 5.41) is 6.53. The number of rotatable bonds is 3. The number of aromatic nitrogens is 1. The van der Waals surface area contributed by atoms with Crippen LogP contribution in [0.2, 0.25) is 5.02 Å². The summed E-state index contributed by atoms with van der Waals surface area (Å²) in [7, 11) is 0. The molecule has 0 spiro atoms. The molecule has 1 aromatic heterocycles. The summed E-state index contributed by atoms with van der Waals surface area (Å²) in [5.41, 5.74) is 5.57. The van der Waals surface area contributed by atoms with Crippen LogP contribution < -0.4 is 10.4 Å². The van der Waals surface area contributed by atoms with Crippen LogP contribution >= 0.6 is 11.6 Å². The van der Waals surface area contributed by atoms with Crippen LogP contribution in [0.25, 0.3) is 34.5 Å². The zero-order valence-electron chi connectivity index (χ0n) is 18.6. The first-order chi connectivity index (χ1) is 16.5. The first-order valence-electron chi connectivity index (χ1n) is 11.4. The number of nitrogens with zero attached hydrogens (tertiary/aromatic N) is 1. The number of halogens is 2. The maximum absolute atomic E-state index is 14.6. The fourth-order valence-electron chi connectivity index (χ4n) is 5.27. The van der Waals surface area contributed by atoms with Crippen molar-refractivity contribution in [3.8, 4) is 22.4 Å². The molecule has 0 N–H and O–H groups in total. The smallest absolute Gasteiger partial charge is 0.175 e. The van der Waals surface area contributed by atoms with Crippen LogP contribution in [0.4, 0.5) is 4.39 Å². The maximum Gasteiger partial charge on any atom is 0.175 e. The Morgan fingerprint density at radius 3 is 2.74 bits per heavy atom. The standard InChI is InChI=1S/C29H21ClFNO2/c1-16-26(28(32-34-16)27-24(30)7-4-8-25(27)31)29(33)19-10-9-18-12-13-21-20-6-3-2-5-17(20)11-14-22(21)23(18)15-19/h2-8,12-15,19H,9-11H2,1H3. The molecule has 2 aliphatic carbocycles. The highest BCUT2D eigenvalue weighted by Gasteiger charge is 2.30. The lowest BCUT2D eigenvalue weighted by molar-refractivity contribution is 0.0946. The minimum absolute atomic E-state index is 0.0999. The number of benzene rings is 3. The van der Waals surface area contributed by atoms with E-state index in [0.717, 1.165) is 18.1 Å². The molecule has 0 radical (unpaired) electrons. The normalized spacial score (nSPS) is 16.0. The lowest BCUT2D eigenvalue weighted by atomic mass is 9.81. The Morgan fingerprint density at radius 2 is 1.88 bits per heavy atom. The largest absolute Gasteiger partial charge is 0.360 e. The van der Waals surface area contributed by atoms with Crippen LogP contribution in [-0.4, -0.2) is 10.9 Å². The van der Waals surface area contributed by atoms with E-state index in [2.05, 4.69) is 53.7 Å². The number of aryl methyl sites for hydroxylation is 2. The molecule has 0 saturated heterocycles. The minimum Gasteiger partial charge on any atom is -0.360 e. The molecule has 6 rings (SSSR count). The number of Topliss-reactive ketones (excluding diaryl/α,β-unsaturated/α-hetero) is 1. The summed E-state index contributed by atoms with van der Waals surface area (Å²) in [4.78, 5) is 13.8. The minimum atomic E-state index is -0.532. The lowest BCUT2D eigenvalue weighted by Crippen LogP contribution is -2.37. The van der Waals surface area contributed by atoms with Gasteiger partial charge in [-0.05, 0) is 71.0 Å². The van der Waals surface area contributed by atoms with Crippen molar-refractivity contribution in [1.82, 2.24) is 5.16 Å². The van der Waals surface area contributed by atoms with Gasteiger partial charge in [-0.1, -0.05) is 71.4 Å². The molecule has 3 nitrogen and oxygen atoms in total. The average Bonchev–Trinajstić information content (AvgIpc) is 3.23. The van der Waals surface area contributed by atoms with Crippen molar-refractivity contribution in [2.45, 2.75) is 26.2 Å². The highest BCUT2D eigenvalue weighted by atomic mass is 35.5. The Morgan fingerprint density at radius 1 is 1.03 bits per heavy atom. The number of hydrogen-bond acceptors (Lipinski definition) is 3. The second-order valence-electron chi connectivity index (χ2n) is 8.90. The molecule has 0 amide bonds. The van der Waals surface area contributed by atoms with Gasteiger partial charge in [0.2, 0.25) is 0 Å². The van der Waals surface area contributed by atoms with Gasteiger partial charge in [0.1, 0.15) is 17.3 Å². The van der Waals surface area contributed by atoms with Crippen molar-refractivity contribution in [3.63, 3.8) is 0 Å². The molecule has 3 aromatic carbocycles. The third kappa shape index (κ3) is 3.24. The van der Waals surface area contributed by atoms with Gasteiger partial charge in [-0.2, -0.15) is 0 Å². The van der Waals surface area contributed by atoms with E-state index in [4.69, 9.17) is 16.1 Å². The summed E-state index contributed by atoms with van der Waals surface area (Å²) in [6.45, 7) is 1.68. The number of fused-ring (bicyclic) bond motifs is 5. The van der Waals surface area contributed by atoms with Crippen LogP contribution in [0.1, 0.15) is 33.7 Å². The maximum atomic E-state index is 14.6. The van der Waals surface area contributed by atoms with Crippen molar-refractivity contribution < 1.29 is 13.7 Å². The van der Waals surface area contributed by atoms with Gasteiger partial charge in [-0.25, -0.2) is 4.39 Å². The fourth-order valence-corrected chi connectivity index (χ4v) is 5.52. The van der Waals surface area contributed by atoms with Gasteiger partial charge in [0.15, 0.2) is 5.78 Å². The molecule has 34 heavy (non-hydrogen) atoms. The number of carbonyl (C=O) groups is 1. The first kappa shape index (κ1) is 21.1. The van der Waals surface area contributed by atoms with Gasteiger partial charge >= 0.3 is 0 Å². The van der Waals surface area contributed by atoms with Crippen LogP contribution in [0.5, 0.6) is 0 Å². The fraction of sp³-hybridized carbons (Fsp3) is 0.172. The summed E-state index contributed by atoms with van der Waals surface area (Å²) in [6, 6.07) is 17.2. The zero-order chi connectivity index (χ0) is 23.4. The molecule has 168 valence electrons. The monoisotopic (exact) mass is 469 g/mol. The lowest BCUT2D eigenvalue weighted by Gasteiger charge is -2.21. The van der Waals surface area contributed by atoms with E-state index >= 15 is 0 Å². The van der Waals surface area contributed by atoms with Gasteiger partial charge in [0, 0.05) is 5.92 Å². The zero-order valence-corrected chi connectivity index (χ0v) is 19.3. The van der Waals surface area contributed by atoms with Crippen molar-refractivity contribution in [2.75, 3.05) is 0 Å². The quantitative estimate of drug-likeness (QED) is 0.363. The Hall–Kier alpha value is -3.50. The van der Waals surface area contributed by atoms with E-state index in [1.165, 1.54) is 39.6 Å². The van der Waals surface area contributed by atoms with Gasteiger partial charge in [-0.15, -0.1) is 0 Å². The third-order valence-corrected chi connectivity index (χ3v) is 7.26. The van der Waals surface area contributed by atoms with E-state index < -0.39 is 5.82 Å². The Bertz CT molecular complexity index is 1580. The number of ketones is 1. The van der Waals surface area contributed by atoms with E-state index in [-0.39, 0.29) is 28.0 Å².